The van der Waals surface area contributed by atoms with Gasteiger partial charge in [0, 0.05) is 17.3 Å². The Kier molecular flexibility index (Phi) is 7.45. The molecule has 0 saturated heterocycles. The predicted molar refractivity (Wildman–Crippen MR) is 124 cm³/mol. The van der Waals surface area contributed by atoms with E-state index in [0.29, 0.717) is 18.2 Å². The number of esters is 1. The molecule has 0 bridgehead atoms. The summed E-state index contributed by atoms with van der Waals surface area (Å²) in [5.74, 6) is 0.251. The van der Waals surface area contributed by atoms with Crippen LogP contribution in [0.15, 0.2) is 91.7 Å². The lowest BCUT2D eigenvalue weighted by molar-refractivity contribution is -0.144. The van der Waals surface area contributed by atoms with Crippen LogP contribution in [0.1, 0.15) is 22.9 Å². The summed E-state index contributed by atoms with van der Waals surface area (Å²) < 4.78 is 13.0. The Hall–Kier alpha value is -3.97. The zero-order valence-corrected chi connectivity index (χ0v) is 18.4. The molecule has 1 atom stereocenters. The molecule has 2 aromatic carbocycles. The number of aromatic nitrogens is 4. The van der Waals surface area contributed by atoms with Gasteiger partial charge in [0.25, 0.3) is 0 Å². The standard InChI is InChI=1S/C25H21ClN4O3/c26-21-9-7-20(8-10-21)24(15-30-18-27-17-29-30)33-25(31)13-6-19-4-11-23(12-5-19)32-16-22-3-1-2-14-28-22/h1-14,17-18,24H,15-16H2/b13-6+. The second kappa shape index (κ2) is 11.1. The zero-order valence-electron chi connectivity index (χ0n) is 17.6. The molecule has 0 radical (unpaired) electrons. The summed E-state index contributed by atoms with van der Waals surface area (Å²) in [6.07, 6.45) is 7.29. The summed E-state index contributed by atoms with van der Waals surface area (Å²) in [7, 11) is 0. The summed E-state index contributed by atoms with van der Waals surface area (Å²) in [4.78, 5) is 20.7. The molecule has 0 aliphatic heterocycles. The van der Waals surface area contributed by atoms with Crippen molar-refractivity contribution in [3.05, 3.63) is 114 Å². The van der Waals surface area contributed by atoms with Gasteiger partial charge in [-0.15, -0.1) is 0 Å². The summed E-state index contributed by atoms with van der Waals surface area (Å²) in [6.45, 7) is 0.726. The van der Waals surface area contributed by atoms with Gasteiger partial charge in [0.1, 0.15) is 31.1 Å². The normalized spacial score (nSPS) is 11.9. The summed E-state index contributed by atoms with van der Waals surface area (Å²) in [5, 5.41) is 4.71. The van der Waals surface area contributed by atoms with E-state index in [9.17, 15) is 4.79 Å². The minimum Gasteiger partial charge on any atom is -0.487 e. The minimum atomic E-state index is -0.538. The van der Waals surface area contributed by atoms with Gasteiger partial charge in [0.05, 0.1) is 12.2 Å². The molecule has 0 fully saturated rings. The van der Waals surface area contributed by atoms with Crippen molar-refractivity contribution in [2.45, 2.75) is 19.3 Å². The van der Waals surface area contributed by atoms with Crippen molar-refractivity contribution in [2.75, 3.05) is 0 Å². The predicted octanol–water partition coefficient (Wildman–Crippen LogP) is 4.90. The maximum Gasteiger partial charge on any atom is 0.331 e. The molecule has 33 heavy (non-hydrogen) atoms. The molecule has 166 valence electrons. The van der Waals surface area contributed by atoms with Crippen LogP contribution in [0.4, 0.5) is 0 Å². The number of hydrogen-bond acceptors (Lipinski definition) is 6. The topological polar surface area (TPSA) is 79.1 Å². The fourth-order valence-corrected chi connectivity index (χ4v) is 3.17. The summed E-state index contributed by atoms with van der Waals surface area (Å²) in [6, 6.07) is 20.3. The molecule has 4 aromatic rings. The third-order valence-corrected chi connectivity index (χ3v) is 4.98. The zero-order chi connectivity index (χ0) is 22.9. The number of ether oxygens (including phenoxy) is 2. The quantitative estimate of drug-likeness (QED) is 0.261. The maximum absolute atomic E-state index is 12.5. The van der Waals surface area contributed by atoms with Crippen molar-refractivity contribution >= 4 is 23.6 Å². The number of nitrogens with zero attached hydrogens (tertiary/aromatic N) is 4. The van der Waals surface area contributed by atoms with Crippen molar-refractivity contribution in [1.82, 2.24) is 19.7 Å². The third kappa shape index (κ3) is 6.75. The lowest BCUT2D eigenvalue weighted by Crippen LogP contribution is -2.16. The van der Waals surface area contributed by atoms with E-state index in [1.165, 1.54) is 12.4 Å². The second-order valence-electron chi connectivity index (χ2n) is 7.11. The number of pyridine rings is 1. The van der Waals surface area contributed by atoms with E-state index in [4.69, 9.17) is 21.1 Å². The van der Waals surface area contributed by atoms with Crippen LogP contribution >= 0.6 is 11.6 Å². The smallest absolute Gasteiger partial charge is 0.331 e. The fraction of sp³-hybridized carbons (Fsp3) is 0.120. The molecule has 2 heterocycles. The van der Waals surface area contributed by atoms with Gasteiger partial charge in [-0.1, -0.05) is 41.9 Å². The molecule has 8 heteroatoms. The Balaban J connectivity index is 1.36. The van der Waals surface area contributed by atoms with Gasteiger partial charge in [-0.25, -0.2) is 14.5 Å². The molecule has 0 spiro atoms. The molecular formula is C25H21ClN4O3. The number of halogens is 1. The average molecular weight is 461 g/mol. The van der Waals surface area contributed by atoms with E-state index in [0.717, 1.165) is 22.6 Å². The van der Waals surface area contributed by atoms with E-state index in [2.05, 4.69) is 15.1 Å². The first-order valence-electron chi connectivity index (χ1n) is 10.2. The summed E-state index contributed by atoms with van der Waals surface area (Å²) >= 11 is 5.99. The maximum atomic E-state index is 12.5. The molecule has 0 N–H and O–H groups in total. The van der Waals surface area contributed by atoms with E-state index in [-0.39, 0.29) is 0 Å². The first-order chi connectivity index (χ1) is 16.2. The van der Waals surface area contributed by atoms with Crippen molar-refractivity contribution in [2.24, 2.45) is 0 Å². The lowest BCUT2D eigenvalue weighted by Gasteiger charge is -2.17. The first-order valence-corrected chi connectivity index (χ1v) is 10.6. The SMILES string of the molecule is O=C(/C=C/c1ccc(OCc2ccccn2)cc1)OC(Cn1cncn1)c1ccc(Cl)cc1. The van der Waals surface area contributed by atoms with E-state index >= 15 is 0 Å². The molecule has 4 rings (SSSR count). The van der Waals surface area contributed by atoms with Crippen molar-refractivity contribution in [1.29, 1.82) is 0 Å². The minimum absolute atomic E-state index is 0.337. The van der Waals surface area contributed by atoms with E-state index in [1.54, 1.807) is 35.4 Å². The Bertz CT molecular complexity index is 1180. The number of benzene rings is 2. The van der Waals surface area contributed by atoms with Gasteiger partial charge >= 0.3 is 5.97 Å². The van der Waals surface area contributed by atoms with Gasteiger partial charge in [-0.2, -0.15) is 5.10 Å². The largest absolute Gasteiger partial charge is 0.487 e. The highest BCUT2D eigenvalue weighted by atomic mass is 35.5. The van der Waals surface area contributed by atoms with Crippen LogP contribution in [0, 0.1) is 0 Å². The van der Waals surface area contributed by atoms with E-state index in [1.807, 2.05) is 54.6 Å². The molecule has 0 amide bonds. The first kappa shape index (κ1) is 22.2. The molecule has 2 aromatic heterocycles. The van der Waals surface area contributed by atoms with Crippen molar-refractivity contribution < 1.29 is 14.3 Å². The number of rotatable bonds is 9. The van der Waals surface area contributed by atoms with Gasteiger partial charge in [-0.3, -0.25) is 4.98 Å². The number of hydrogen-bond donors (Lipinski definition) is 0. The Labute approximate surface area is 196 Å². The van der Waals surface area contributed by atoms with Crippen LogP contribution in [-0.2, 0) is 22.7 Å². The average Bonchev–Trinajstić information content (AvgIpc) is 3.36. The summed E-state index contributed by atoms with van der Waals surface area (Å²) in [5.41, 5.74) is 2.51. The molecule has 0 aliphatic carbocycles. The number of carbonyl (C=O) groups excluding carboxylic acids is 1. The highest BCUT2D eigenvalue weighted by molar-refractivity contribution is 6.30. The molecule has 1 unspecified atom stereocenters. The van der Waals surface area contributed by atoms with Gasteiger partial charge in [0.2, 0.25) is 0 Å². The van der Waals surface area contributed by atoms with Crippen molar-refractivity contribution in [3.63, 3.8) is 0 Å². The Morgan fingerprint density at radius 3 is 2.58 bits per heavy atom. The van der Waals surface area contributed by atoms with Gasteiger partial charge in [-0.05, 0) is 53.6 Å². The highest BCUT2D eigenvalue weighted by Gasteiger charge is 2.17. The lowest BCUT2D eigenvalue weighted by atomic mass is 10.1. The van der Waals surface area contributed by atoms with Gasteiger partial charge < -0.3 is 9.47 Å². The second-order valence-corrected chi connectivity index (χ2v) is 7.54. The monoisotopic (exact) mass is 460 g/mol. The fourth-order valence-electron chi connectivity index (χ4n) is 3.04. The van der Waals surface area contributed by atoms with Crippen LogP contribution in [0.5, 0.6) is 5.75 Å². The Morgan fingerprint density at radius 2 is 1.88 bits per heavy atom. The van der Waals surface area contributed by atoms with E-state index < -0.39 is 12.1 Å². The van der Waals surface area contributed by atoms with Crippen LogP contribution in [0.3, 0.4) is 0 Å². The number of carbonyl (C=O) groups is 1. The molecule has 7 nitrogen and oxygen atoms in total. The van der Waals surface area contributed by atoms with Crippen LogP contribution in [-0.4, -0.2) is 25.7 Å². The van der Waals surface area contributed by atoms with Crippen LogP contribution in [0.2, 0.25) is 5.02 Å². The van der Waals surface area contributed by atoms with Gasteiger partial charge in [0.15, 0.2) is 0 Å². The van der Waals surface area contributed by atoms with Crippen LogP contribution in [0.25, 0.3) is 6.08 Å². The molecular weight excluding hydrogens is 440 g/mol. The Morgan fingerprint density at radius 1 is 1.06 bits per heavy atom. The third-order valence-electron chi connectivity index (χ3n) is 4.72. The highest BCUT2D eigenvalue weighted by Crippen LogP contribution is 2.22. The molecule has 0 saturated carbocycles. The molecule has 0 aliphatic rings. The van der Waals surface area contributed by atoms with Crippen molar-refractivity contribution in [3.8, 4) is 5.75 Å². The van der Waals surface area contributed by atoms with Crippen LogP contribution < -0.4 is 4.74 Å².